The number of rotatable bonds is 3. The molecular weight excluding hydrogens is 254 g/mol. The first-order chi connectivity index (χ1) is 9.72. The molecule has 6 nitrogen and oxygen atoms in total. The minimum atomic E-state index is -0.580. The third kappa shape index (κ3) is 2.54. The molecule has 2 heterocycles. The van der Waals surface area contributed by atoms with E-state index in [1.165, 1.54) is 11.3 Å². The van der Waals surface area contributed by atoms with Gasteiger partial charge in [0.25, 0.3) is 5.91 Å². The van der Waals surface area contributed by atoms with Crippen molar-refractivity contribution in [1.29, 1.82) is 0 Å². The average Bonchev–Trinajstić information content (AvgIpc) is 2.48. The number of fused-ring (bicyclic) bond motifs is 1. The molecule has 1 aromatic carbocycles. The smallest absolute Gasteiger partial charge is 0.269 e. The highest BCUT2D eigenvalue weighted by Gasteiger charge is 2.09. The van der Waals surface area contributed by atoms with Gasteiger partial charge in [-0.25, -0.2) is 0 Å². The lowest BCUT2D eigenvalue weighted by molar-refractivity contribution is 0.0994. The summed E-state index contributed by atoms with van der Waals surface area (Å²) < 4.78 is 0. The van der Waals surface area contributed by atoms with E-state index in [1.54, 1.807) is 12.1 Å². The van der Waals surface area contributed by atoms with E-state index in [2.05, 4.69) is 33.0 Å². The number of anilines is 3. The van der Waals surface area contributed by atoms with Crippen LogP contribution in [0, 0.1) is 0 Å². The molecule has 0 atom stereocenters. The Hall–Kier alpha value is -2.63. The van der Waals surface area contributed by atoms with Crippen molar-refractivity contribution >= 4 is 23.1 Å². The van der Waals surface area contributed by atoms with Gasteiger partial charge < -0.3 is 16.4 Å². The van der Waals surface area contributed by atoms with Crippen molar-refractivity contribution in [2.45, 2.75) is 12.8 Å². The van der Waals surface area contributed by atoms with Crippen LogP contribution in [0.5, 0.6) is 0 Å². The Balaban J connectivity index is 1.78. The van der Waals surface area contributed by atoms with Crippen LogP contribution in [0.15, 0.2) is 30.3 Å². The Morgan fingerprint density at radius 1 is 1.25 bits per heavy atom. The number of aromatic nitrogens is 2. The molecule has 0 aliphatic carbocycles. The molecule has 4 N–H and O–H groups in total. The molecule has 2 aromatic rings. The van der Waals surface area contributed by atoms with Gasteiger partial charge in [0, 0.05) is 17.9 Å². The van der Waals surface area contributed by atoms with Crippen LogP contribution in [0.2, 0.25) is 0 Å². The van der Waals surface area contributed by atoms with Gasteiger partial charge in [-0.2, -0.15) is 0 Å². The average molecular weight is 269 g/mol. The summed E-state index contributed by atoms with van der Waals surface area (Å²) in [6.45, 7) is 1.03. The standard InChI is InChI=1S/C14H15N5O/c15-14(20)12-5-6-13(19-18-12)17-10-3-4-11-9(8-10)2-1-7-16-11/h3-6,8,16H,1-2,7H2,(H2,15,20)(H,17,19). The maximum atomic E-state index is 10.9. The van der Waals surface area contributed by atoms with E-state index in [0.29, 0.717) is 5.82 Å². The zero-order valence-electron chi connectivity index (χ0n) is 10.9. The molecule has 0 bridgehead atoms. The van der Waals surface area contributed by atoms with Gasteiger partial charge in [0.2, 0.25) is 0 Å². The molecule has 20 heavy (non-hydrogen) atoms. The molecule has 0 fully saturated rings. The number of nitrogens with two attached hydrogens (primary N) is 1. The lowest BCUT2D eigenvalue weighted by atomic mass is 10.0. The number of nitrogens with one attached hydrogen (secondary N) is 2. The number of primary amides is 1. The van der Waals surface area contributed by atoms with Gasteiger partial charge in [-0.3, -0.25) is 4.79 Å². The number of nitrogens with zero attached hydrogens (tertiary/aromatic N) is 2. The van der Waals surface area contributed by atoms with Crippen LogP contribution in [0.3, 0.4) is 0 Å². The Kier molecular flexibility index (Phi) is 3.20. The predicted molar refractivity (Wildman–Crippen MR) is 77.1 cm³/mol. The molecule has 0 saturated carbocycles. The molecule has 0 radical (unpaired) electrons. The summed E-state index contributed by atoms with van der Waals surface area (Å²) in [4.78, 5) is 10.9. The number of benzene rings is 1. The van der Waals surface area contributed by atoms with E-state index in [4.69, 9.17) is 5.73 Å². The van der Waals surface area contributed by atoms with Crippen LogP contribution in [0.1, 0.15) is 22.5 Å². The fourth-order valence-electron chi connectivity index (χ4n) is 2.23. The zero-order chi connectivity index (χ0) is 13.9. The number of carbonyl (C=O) groups is 1. The monoisotopic (exact) mass is 269 g/mol. The fourth-order valence-corrected chi connectivity index (χ4v) is 2.23. The molecule has 0 unspecified atom stereocenters. The van der Waals surface area contributed by atoms with Crippen LogP contribution in [-0.2, 0) is 6.42 Å². The lowest BCUT2D eigenvalue weighted by Crippen LogP contribution is -2.14. The largest absolute Gasteiger partial charge is 0.385 e. The SMILES string of the molecule is NC(=O)c1ccc(Nc2ccc3c(c2)CCCN3)nn1. The predicted octanol–water partition coefficient (Wildman–Crippen LogP) is 1.68. The summed E-state index contributed by atoms with van der Waals surface area (Å²) in [5.41, 5.74) is 8.72. The molecule has 1 aromatic heterocycles. The van der Waals surface area contributed by atoms with Crippen LogP contribution in [-0.4, -0.2) is 22.6 Å². The van der Waals surface area contributed by atoms with Crippen molar-refractivity contribution in [1.82, 2.24) is 10.2 Å². The van der Waals surface area contributed by atoms with Crippen molar-refractivity contribution in [2.75, 3.05) is 17.2 Å². The van der Waals surface area contributed by atoms with Crippen molar-refractivity contribution in [3.05, 3.63) is 41.6 Å². The summed E-state index contributed by atoms with van der Waals surface area (Å²) in [6.07, 6.45) is 2.22. The Morgan fingerprint density at radius 3 is 2.90 bits per heavy atom. The molecule has 1 aliphatic heterocycles. The van der Waals surface area contributed by atoms with Gasteiger partial charge in [-0.1, -0.05) is 0 Å². The second-order valence-electron chi connectivity index (χ2n) is 4.70. The highest BCUT2D eigenvalue weighted by atomic mass is 16.1. The zero-order valence-corrected chi connectivity index (χ0v) is 10.9. The molecular formula is C14H15N5O. The quantitative estimate of drug-likeness (QED) is 0.788. The second-order valence-corrected chi connectivity index (χ2v) is 4.70. The van der Waals surface area contributed by atoms with E-state index in [1.807, 2.05) is 6.07 Å². The summed E-state index contributed by atoms with van der Waals surface area (Å²) in [7, 11) is 0. The minimum absolute atomic E-state index is 0.158. The van der Waals surface area contributed by atoms with E-state index in [-0.39, 0.29) is 5.69 Å². The number of hydrogen-bond donors (Lipinski definition) is 3. The number of amides is 1. The first-order valence-corrected chi connectivity index (χ1v) is 6.50. The van der Waals surface area contributed by atoms with E-state index >= 15 is 0 Å². The number of aryl methyl sites for hydroxylation is 1. The maximum Gasteiger partial charge on any atom is 0.269 e. The van der Waals surface area contributed by atoms with Crippen LogP contribution >= 0.6 is 0 Å². The highest BCUT2D eigenvalue weighted by molar-refractivity contribution is 5.90. The van der Waals surface area contributed by atoms with Crippen molar-refractivity contribution in [2.24, 2.45) is 5.73 Å². The van der Waals surface area contributed by atoms with E-state index < -0.39 is 5.91 Å². The van der Waals surface area contributed by atoms with Gasteiger partial charge in [0.05, 0.1) is 0 Å². The van der Waals surface area contributed by atoms with Crippen molar-refractivity contribution in [3.8, 4) is 0 Å². The van der Waals surface area contributed by atoms with E-state index in [9.17, 15) is 4.79 Å². The molecule has 0 saturated heterocycles. The molecule has 3 rings (SSSR count). The van der Waals surface area contributed by atoms with Crippen LogP contribution < -0.4 is 16.4 Å². The molecule has 6 heteroatoms. The van der Waals surface area contributed by atoms with Gasteiger partial charge in [-0.05, 0) is 48.7 Å². The number of carbonyl (C=O) groups excluding carboxylic acids is 1. The van der Waals surface area contributed by atoms with Gasteiger partial charge in [0.1, 0.15) is 0 Å². The lowest BCUT2D eigenvalue weighted by Gasteiger charge is -2.18. The molecule has 1 amide bonds. The first kappa shape index (κ1) is 12.4. The summed E-state index contributed by atoms with van der Waals surface area (Å²) in [5, 5.41) is 14.2. The van der Waals surface area contributed by atoms with Gasteiger partial charge >= 0.3 is 0 Å². The molecule has 0 spiro atoms. The van der Waals surface area contributed by atoms with Gasteiger partial charge in [-0.15, -0.1) is 10.2 Å². The summed E-state index contributed by atoms with van der Waals surface area (Å²) in [5.74, 6) is 0.00243. The van der Waals surface area contributed by atoms with Crippen molar-refractivity contribution < 1.29 is 4.79 Å². The highest BCUT2D eigenvalue weighted by Crippen LogP contribution is 2.26. The maximum absolute atomic E-state index is 10.9. The Bertz CT molecular complexity index is 639. The second kappa shape index (κ2) is 5.16. The fraction of sp³-hybridized carbons (Fsp3) is 0.214. The van der Waals surface area contributed by atoms with Crippen LogP contribution in [0.25, 0.3) is 0 Å². The molecule has 1 aliphatic rings. The summed E-state index contributed by atoms with van der Waals surface area (Å²) >= 11 is 0. The van der Waals surface area contributed by atoms with E-state index in [0.717, 1.165) is 25.1 Å². The summed E-state index contributed by atoms with van der Waals surface area (Å²) in [6, 6.07) is 9.39. The normalized spacial score (nSPS) is 13.2. The van der Waals surface area contributed by atoms with Crippen LogP contribution in [0.4, 0.5) is 17.2 Å². The number of hydrogen-bond acceptors (Lipinski definition) is 5. The minimum Gasteiger partial charge on any atom is -0.385 e. The topological polar surface area (TPSA) is 92.9 Å². The van der Waals surface area contributed by atoms with Crippen molar-refractivity contribution in [3.63, 3.8) is 0 Å². The third-order valence-corrected chi connectivity index (χ3v) is 3.23. The Labute approximate surface area is 116 Å². The third-order valence-electron chi connectivity index (χ3n) is 3.23. The molecule has 102 valence electrons. The Morgan fingerprint density at radius 2 is 2.15 bits per heavy atom. The first-order valence-electron chi connectivity index (χ1n) is 6.50. The van der Waals surface area contributed by atoms with Gasteiger partial charge in [0.15, 0.2) is 11.5 Å².